The van der Waals surface area contributed by atoms with E-state index in [4.69, 9.17) is 0 Å². The van der Waals surface area contributed by atoms with Crippen molar-refractivity contribution >= 4 is 7.92 Å². The largest absolute Gasteiger partial charge is 0.356 e. The number of hydrogen-bond acceptors (Lipinski definition) is 1. The predicted octanol–water partition coefficient (Wildman–Crippen LogP) is 4.92. The second kappa shape index (κ2) is 8.94. The molecule has 0 saturated heterocycles. The van der Waals surface area contributed by atoms with Gasteiger partial charge in [0.25, 0.3) is 0 Å². The van der Waals surface area contributed by atoms with Crippen LogP contribution in [-0.2, 0) is 0 Å². The molecule has 98 valence electrons. The van der Waals surface area contributed by atoms with Crippen LogP contribution in [0.15, 0.2) is 59.7 Å². The number of rotatable bonds is 5. The predicted molar refractivity (Wildman–Crippen MR) is 85.0 cm³/mol. The Hall–Kier alpha value is -1.07. The summed E-state index contributed by atoms with van der Waals surface area (Å²) < 4.78 is 0. The van der Waals surface area contributed by atoms with Crippen molar-refractivity contribution in [3.05, 3.63) is 59.7 Å². The summed E-state index contributed by atoms with van der Waals surface area (Å²) in [5.74, 6) is 2.32. The topological polar surface area (TPSA) is 12.0 Å². The minimum atomic E-state index is 0.00856. The highest BCUT2D eigenvalue weighted by Gasteiger charge is 1.98. The van der Waals surface area contributed by atoms with Gasteiger partial charge in [-0.3, -0.25) is 0 Å². The molecule has 0 aromatic carbocycles. The molecule has 0 aromatic rings. The van der Waals surface area contributed by atoms with Gasteiger partial charge in [0.2, 0.25) is 0 Å². The van der Waals surface area contributed by atoms with Crippen molar-refractivity contribution in [1.29, 1.82) is 0 Å². The van der Waals surface area contributed by atoms with Crippen molar-refractivity contribution in [3.8, 4) is 0 Å². The van der Waals surface area contributed by atoms with Gasteiger partial charge >= 0.3 is 0 Å². The summed E-state index contributed by atoms with van der Waals surface area (Å²) in [6, 6.07) is 0. The Bertz CT molecular complexity index is 386. The maximum absolute atomic E-state index is 3.49. The smallest absolute Gasteiger partial charge is 0.0384 e. The molecule has 18 heavy (non-hydrogen) atoms. The van der Waals surface area contributed by atoms with Gasteiger partial charge in [0.1, 0.15) is 0 Å². The quantitative estimate of drug-likeness (QED) is 0.547. The Labute approximate surface area is 113 Å². The van der Waals surface area contributed by atoms with E-state index in [1.54, 1.807) is 0 Å². The molecular weight excluding hydrogens is 237 g/mol. The first kappa shape index (κ1) is 15.0. The molecule has 1 heterocycles. The molecule has 0 saturated carbocycles. The fraction of sp³-hybridized carbons (Fsp3) is 0.375. The Kier molecular flexibility index (Phi) is 7.44. The maximum atomic E-state index is 3.49. The highest BCUT2D eigenvalue weighted by Crippen LogP contribution is 2.33. The van der Waals surface area contributed by atoms with Crippen LogP contribution in [0, 0.1) is 0 Å². The van der Waals surface area contributed by atoms with E-state index in [2.05, 4.69) is 74.2 Å². The van der Waals surface area contributed by atoms with E-state index in [1.807, 2.05) is 0 Å². The molecule has 0 bridgehead atoms. The average Bonchev–Trinajstić information content (AvgIpc) is 2.35. The van der Waals surface area contributed by atoms with E-state index in [-0.39, 0.29) is 7.92 Å². The molecule has 0 aromatic heterocycles. The molecule has 0 amide bonds. The van der Waals surface area contributed by atoms with Crippen LogP contribution in [0.2, 0.25) is 0 Å². The van der Waals surface area contributed by atoms with Gasteiger partial charge < -0.3 is 5.32 Å². The molecule has 0 fully saturated rings. The first-order valence-electron chi connectivity index (χ1n) is 6.61. The van der Waals surface area contributed by atoms with E-state index in [1.165, 1.54) is 24.0 Å². The summed E-state index contributed by atoms with van der Waals surface area (Å²) in [6.07, 6.45) is 18.7. The highest BCUT2D eigenvalue weighted by molar-refractivity contribution is 7.60. The van der Waals surface area contributed by atoms with Gasteiger partial charge in [0.05, 0.1) is 0 Å². The lowest BCUT2D eigenvalue weighted by Crippen LogP contribution is -2.10. The van der Waals surface area contributed by atoms with Crippen molar-refractivity contribution in [2.45, 2.75) is 26.7 Å². The minimum absolute atomic E-state index is 0.00856. The van der Waals surface area contributed by atoms with Crippen molar-refractivity contribution in [2.75, 3.05) is 12.8 Å². The van der Waals surface area contributed by atoms with Gasteiger partial charge in [-0.2, -0.15) is 0 Å². The molecule has 1 rings (SSSR count). The molecule has 0 spiro atoms. The maximum Gasteiger partial charge on any atom is 0.0384 e. The fourth-order valence-corrected chi connectivity index (χ4v) is 2.60. The summed E-state index contributed by atoms with van der Waals surface area (Å²) in [6.45, 7) is 6.56. The first-order valence-corrected chi connectivity index (χ1v) is 8.65. The standard InChI is InChI=1S/C16H24NP/c1-4-6-10-15(9-5-2)17-16-11-7-8-13-18(3)14-12-16/h5,7-12,14,17H,4,6,13H2,1-3H3/b8-7-,9-5-,14-12?,15-10+,16-11?. The summed E-state index contributed by atoms with van der Waals surface area (Å²) >= 11 is 0. The third-order valence-corrected chi connectivity index (χ3v) is 4.05. The number of nitrogens with one attached hydrogen (secondary N) is 1. The molecule has 1 N–H and O–H groups in total. The lowest BCUT2D eigenvalue weighted by molar-refractivity contribution is 0.928. The van der Waals surface area contributed by atoms with Crippen LogP contribution in [0.3, 0.4) is 0 Å². The van der Waals surface area contributed by atoms with E-state index >= 15 is 0 Å². The molecule has 1 unspecified atom stereocenters. The summed E-state index contributed by atoms with van der Waals surface area (Å²) in [5, 5.41) is 3.49. The molecule has 1 atom stereocenters. The molecule has 0 radical (unpaired) electrons. The SMILES string of the molecule is C/C=C\C(=C/CCC)NC1=C/C=C\CP(C)C=C1. The lowest BCUT2D eigenvalue weighted by Gasteiger charge is -2.11. The van der Waals surface area contributed by atoms with Crippen LogP contribution >= 0.6 is 7.92 Å². The van der Waals surface area contributed by atoms with E-state index < -0.39 is 0 Å². The molecule has 2 heteroatoms. The Morgan fingerprint density at radius 1 is 1.50 bits per heavy atom. The van der Waals surface area contributed by atoms with Gasteiger partial charge in [-0.25, -0.2) is 0 Å². The van der Waals surface area contributed by atoms with Crippen LogP contribution in [0.4, 0.5) is 0 Å². The van der Waals surface area contributed by atoms with Gasteiger partial charge in [0, 0.05) is 11.4 Å². The summed E-state index contributed by atoms with van der Waals surface area (Å²) in [7, 11) is 0.00856. The average molecular weight is 261 g/mol. The van der Waals surface area contributed by atoms with Gasteiger partial charge in [-0.05, 0) is 44.4 Å². The third-order valence-electron chi connectivity index (χ3n) is 2.60. The summed E-state index contributed by atoms with van der Waals surface area (Å²) in [5.41, 5.74) is 2.35. The Morgan fingerprint density at radius 3 is 3.06 bits per heavy atom. The van der Waals surface area contributed by atoms with Crippen molar-refractivity contribution < 1.29 is 0 Å². The second-order valence-electron chi connectivity index (χ2n) is 4.38. The van der Waals surface area contributed by atoms with Crippen molar-refractivity contribution in [3.63, 3.8) is 0 Å². The van der Waals surface area contributed by atoms with Crippen molar-refractivity contribution in [1.82, 2.24) is 5.32 Å². The first-order chi connectivity index (χ1) is 8.76. The number of unbranched alkanes of at least 4 members (excludes halogenated alkanes) is 1. The van der Waals surface area contributed by atoms with Crippen LogP contribution in [0.5, 0.6) is 0 Å². The third kappa shape index (κ3) is 6.02. The highest BCUT2D eigenvalue weighted by atomic mass is 31.1. The molecule has 1 aliphatic rings. The monoisotopic (exact) mass is 261 g/mol. The second-order valence-corrected chi connectivity index (χ2v) is 6.56. The summed E-state index contributed by atoms with van der Waals surface area (Å²) in [4.78, 5) is 0. The van der Waals surface area contributed by atoms with Crippen LogP contribution in [0.25, 0.3) is 0 Å². The molecular formula is C16H24NP. The normalized spacial score (nSPS) is 22.5. The zero-order valence-corrected chi connectivity index (χ0v) is 12.6. The van der Waals surface area contributed by atoms with Gasteiger partial charge in [0.15, 0.2) is 0 Å². The van der Waals surface area contributed by atoms with Crippen LogP contribution in [-0.4, -0.2) is 12.8 Å². The minimum Gasteiger partial charge on any atom is -0.356 e. The lowest BCUT2D eigenvalue weighted by atomic mass is 10.2. The van der Waals surface area contributed by atoms with E-state index in [9.17, 15) is 0 Å². The number of allylic oxidation sites excluding steroid dienone is 7. The van der Waals surface area contributed by atoms with Crippen LogP contribution < -0.4 is 5.32 Å². The zero-order valence-electron chi connectivity index (χ0n) is 11.7. The van der Waals surface area contributed by atoms with Crippen molar-refractivity contribution in [2.24, 2.45) is 0 Å². The van der Waals surface area contributed by atoms with Gasteiger partial charge in [-0.15, -0.1) is 0 Å². The Morgan fingerprint density at radius 2 is 2.33 bits per heavy atom. The molecule has 1 nitrogen and oxygen atoms in total. The van der Waals surface area contributed by atoms with Gasteiger partial charge in [-0.1, -0.05) is 51.4 Å². The van der Waals surface area contributed by atoms with E-state index in [0.717, 1.165) is 6.42 Å². The molecule has 0 aliphatic carbocycles. The fourth-order valence-electron chi connectivity index (χ4n) is 1.61. The number of hydrogen-bond donors (Lipinski definition) is 1. The van der Waals surface area contributed by atoms with Crippen LogP contribution in [0.1, 0.15) is 26.7 Å². The van der Waals surface area contributed by atoms with E-state index in [0.29, 0.717) is 0 Å². The Balaban J connectivity index is 2.76. The zero-order chi connectivity index (χ0) is 13.2. The molecule has 1 aliphatic heterocycles.